The van der Waals surface area contributed by atoms with E-state index < -0.39 is 0 Å². The molecule has 1 aromatic carbocycles. The van der Waals surface area contributed by atoms with Crippen LogP contribution in [0.2, 0.25) is 0 Å². The molecule has 2 heterocycles. The van der Waals surface area contributed by atoms with Gasteiger partial charge in [0.1, 0.15) is 10.8 Å². The van der Waals surface area contributed by atoms with Crippen LogP contribution in [0.5, 0.6) is 5.75 Å². The summed E-state index contributed by atoms with van der Waals surface area (Å²) < 4.78 is 4.94. The standard InChI is InChI=1S/C21H25N3O4S/c1-28-21(27)19-14-5-4-8-17(14)29-20(19)22-18(26)13-23-9-11-24(12-10-23)15-6-2-3-7-16(15)25/h2-3,6-7,25H,4-5,8-13H2,1H3,(H,22,26)/p+1. The molecule has 1 aliphatic heterocycles. The Morgan fingerprint density at radius 2 is 2.00 bits per heavy atom. The van der Waals surface area contributed by atoms with Crippen molar-refractivity contribution in [2.75, 3.05) is 50.1 Å². The molecule has 2 aromatic rings. The number of anilines is 2. The summed E-state index contributed by atoms with van der Waals surface area (Å²) in [5, 5.41) is 13.6. The van der Waals surface area contributed by atoms with E-state index in [0.717, 1.165) is 56.7 Å². The molecular formula is C21H26N3O4S+. The summed E-state index contributed by atoms with van der Waals surface area (Å²) in [6, 6.07) is 7.34. The number of nitrogens with zero attached hydrogens (tertiary/aromatic N) is 1. The first kappa shape index (κ1) is 19.7. The SMILES string of the molecule is COC(=O)c1c(NC(=O)C[NH+]2CCN(c3ccccc3O)CC2)sc2c1CCC2. The zero-order valence-corrected chi connectivity index (χ0v) is 17.3. The highest BCUT2D eigenvalue weighted by Gasteiger charge is 2.29. The number of rotatable bonds is 5. The number of hydrogen-bond donors (Lipinski definition) is 3. The number of methoxy groups -OCH3 is 1. The van der Waals surface area contributed by atoms with Crippen LogP contribution in [0.4, 0.5) is 10.7 Å². The highest BCUT2D eigenvalue weighted by molar-refractivity contribution is 7.17. The molecule has 2 aliphatic rings. The largest absolute Gasteiger partial charge is 0.506 e. The minimum Gasteiger partial charge on any atom is -0.506 e. The molecule has 1 saturated heterocycles. The van der Waals surface area contributed by atoms with Crippen molar-refractivity contribution in [3.8, 4) is 5.75 Å². The summed E-state index contributed by atoms with van der Waals surface area (Å²) in [4.78, 5) is 29.4. The average Bonchev–Trinajstić information content (AvgIpc) is 3.29. The van der Waals surface area contributed by atoms with Crippen LogP contribution in [0.25, 0.3) is 0 Å². The van der Waals surface area contributed by atoms with Gasteiger partial charge in [0.2, 0.25) is 0 Å². The number of thiophene rings is 1. The first-order valence-corrected chi connectivity index (χ1v) is 10.8. The number of aromatic hydroxyl groups is 1. The van der Waals surface area contributed by atoms with Crippen LogP contribution in [0.3, 0.4) is 0 Å². The van der Waals surface area contributed by atoms with E-state index in [-0.39, 0.29) is 17.6 Å². The fourth-order valence-electron chi connectivity index (χ4n) is 4.18. The second kappa shape index (κ2) is 8.42. The number of para-hydroxylation sites is 2. The normalized spacial score (nSPS) is 16.5. The Morgan fingerprint density at radius 1 is 1.24 bits per heavy atom. The van der Waals surface area contributed by atoms with E-state index in [9.17, 15) is 14.7 Å². The Kier molecular flexibility index (Phi) is 5.73. The lowest BCUT2D eigenvalue weighted by Crippen LogP contribution is -3.15. The number of amides is 1. The third kappa shape index (κ3) is 4.09. The summed E-state index contributed by atoms with van der Waals surface area (Å²) in [7, 11) is 1.38. The third-order valence-electron chi connectivity index (χ3n) is 5.67. The number of hydrogen-bond acceptors (Lipinski definition) is 6. The molecule has 7 nitrogen and oxygen atoms in total. The molecule has 1 fully saturated rings. The quantitative estimate of drug-likeness (QED) is 0.636. The fraction of sp³-hybridized carbons (Fsp3) is 0.429. The van der Waals surface area contributed by atoms with Crippen molar-refractivity contribution in [2.45, 2.75) is 19.3 Å². The summed E-state index contributed by atoms with van der Waals surface area (Å²) >= 11 is 1.50. The molecule has 8 heteroatoms. The second-order valence-electron chi connectivity index (χ2n) is 7.50. The van der Waals surface area contributed by atoms with Gasteiger partial charge in [-0.3, -0.25) is 4.79 Å². The minimum absolute atomic E-state index is 0.0823. The van der Waals surface area contributed by atoms with Crippen molar-refractivity contribution in [2.24, 2.45) is 0 Å². The molecule has 0 atom stereocenters. The molecule has 0 spiro atoms. The Bertz CT molecular complexity index is 919. The maximum atomic E-state index is 12.6. The summed E-state index contributed by atoms with van der Waals surface area (Å²) in [6.45, 7) is 3.54. The third-order valence-corrected chi connectivity index (χ3v) is 6.87. The highest BCUT2D eigenvalue weighted by atomic mass is 32.1. The van der Waals surface area contributed by atoms with Gasteiger partial charge in [0.05, 0.1) is 44.5 Å². The first-order valence-electron chi connectivity index (χ1n) is 9.96. The van der Waals surface area contributed by atoms with E-state index in [1.165, 1.54) is 28.2 Å². The number of phenols is 1. The number of ether oxygens (including phenoxy) is 1. The van der Waals surface area contributed by atoms with Crippen molar-refractivity contribution < 1.29 is 24.3 Å². The number of fused-ring (bicyclic) bond motifs is 1. The van der Waals surface area contributed by atoms with Gasteiger partial charge in [0, 0.05) is 4.88 Å². The topological polar surface area (TPSA) is 83.3 Å². The van der Waals surface area contributed by atoms with Crippen LogP contribution in [-0.4, -0.2) is 56.8 Å². The zero-order chi connectivity index (χ0) is 20.4. The van der Waals surface area contributed by atoms with Gasteiger partial charge in [0.15, 0.2) is 6.54 Å². The predicted octanol–water partition coefficient (Wildman–Crippen LogP) is 1.07. The Morgan fingerprint density at radius 3 is 2.72 bits per heavy atom. The zero-order valence-electron chi connectivity index (χ0n) is 16.5. The maximum Gasteiger partial charge on any atom is 0.341 e. The molecule has 3 N–H and O–H groups in total. The van der Waals surface area contributed by atoms with Crippen LogP contribution < -0.4 is 15.1 Å². The van der Waals surface area contributed by atoms with Gasteiger partial charge in [-0.05, 0) is 37.0 Å². The van der Waals surface area contributed by atoms with E-state index in [2.05, 4.69) is 10.2 Å². The number of esters is 1. The minimum atomic E-state index is -0.372. The molecule has 1 amide bonds. The molecule has 0 unspecified atom stereocenters. The van der Waals surface area contributed by atoms with Crippen molar-refractivity contribution in [1.29, 1.82) is 0 Å². The van der Waals surface area contributed by atoms with E-state index in [0.29, 0.717) is 17.1 Å². The molecule has 4 rings (SSSR count). The number of benzene rings is 1. The van der Waals surface area contributed by atoms with Crippen molar-refractivity contribution in [1.82, 2.24) is 0 Å². The van der Waals surface area contributed by atoms with Gasteiger partial charge >= 0.3 is 5.97 Å². The van der Waals surface area contributed by atoms with Crippen LogP contribution in [-0.2, 0) is 22.4 Å². The Balaban J connectivity index is 1.36. The second-order valence-corrected chi connectivity index (χ2v) is 8.61. The van der Waals surface area contributed by atoms with Crippen molar-refractivity contribution >= 4 is 33.9 Å². The van der Waals surface area contributed by atoms with Gasteiger partial charge in [-0.2, -0.15) is 0 Å². The molecule has 1 aromatic heterocycles. The van der Waals surface area contributed by atoms with Crippen LogP contribution >= 0.6 is 11.3 Å². The molecule has 154 valence electrons. The van der Waals surface area contributed by atoms with Crippen molar-refractivity contribution in [3.05, 3.63) is 40.3 Å². The smallest absolute Gasteiger partial charge is 0.341 e. The predicted molar refractivity (Wildman–Crippen MR) is 112 cm³/mol. The summed E-state index contributed by atoms with van der Waals surface area (Å²) in [5.41, 5.74) is 2.42. The number of nitrogens with one attached hydrogen (secondary N) is 2. The fourth-order valence-corrected chi connectivity index (χ4v) is 5.47. The summed E-state index contributed by atoms with van der Waals surface area (Å²) in [5.74, 6) is -0.167. The lowest BCUT2D eigenvalue weighted by molar-refractivity contribution is -0.892. The van der Waals surface area contributed by atoms with Gasteiger partial charge in [0.25, 0.3) is 5.91 Å². The van der Waals surface area contributed by atoms with Crippen LogP contribution in [0, 0.1) is 0 Å². The number of carbonyl (C=O) groups excluding carboxylic acids is 2. The highest BCUT2D eigenvalue weighted by Crippen LogP contribution is 2.39. The lowest BCUT2D eigenvalue weighted by Gasteiger charge is -2.33. The van der Waals surface area contributed by atoms with E-state index in [1.807, 2.05) is 18.2 Å². The van der Waals surface area contributed by atoms with Crippen LogP contribution in [0.1, 0.15) is 27.2 Å². The number of carbonyl (C=O) groups is 2. The van der Waals surface area contributed by atoms with Crippen LogP contribution in [0.15, 0.2) is 24.3 Å². The molecule has 1 aliphatic carbocycles. The van der Waals surface area contributed by atoms with Gasteiger partial charge < -0.3 is 25.0 Å². The number of phenolic OH excluding ortho intramolecular Hbond substituents is 1. The lowest BCUT2D eigenvalue weighted by atomic mass is 10.1. The summed E-state index contributed by atoms with van der Waals surface area (Å²) in [6.07, 6.45) is 2.87. The van der Waals surface area contributed by atoms with Gasteiger partial charge in [-0.15, -0.1) is 11.3 Å². The van der Waals surface area contributed by atoms with E-state index >= 15 is 0 Å². The number of quaternary nitrogens is 1. The molecule has 0 radical (unpaired) electrons. The van der Waals surface area contributed by atoms with E-state index in [4.69, 9.17) is 4.74 Å². The molecule has 0 saturated carbocycles. The van der Waals surface area contributed by atoms with E-state index in [1.54, 1.807) is 6.07 Å². The molecule has 29 heavy (non-hydrogen) atoms. The van der Waals surface area contributed by atoms with Gasteiger partial charge in [-0.1, -0.05) is 12.1 Å². The van der Waals surface area contributed by atoms with Gasteiger partial charge in [-0.25, -0.2) is 4.79 Å². The average molecular weight is 417 g/mol. The first-order chi connectivity index (χ1) is 14.1. The molecular weight excluding hydrogens is 390 g/mol. The maximum absolute atomic E-state index is 12.6. The number of aryl methyl sites for hydroxylation is 1. The molecule has 0 bridgehead atoms. The Labute approximate surface area is 173 Å². The Hall–Kier alpha value is -2.58. The van der Waals surface area contributed by atoms with Crippen molar-refractivity contribution in [3.63, 3.8) is 0 Å². The number of piperazine rings is 1. The monoisotopic (exact) mass is 416 g/mol.